The Labute approximate surface area is 222 Å². The van der Waals surface area contributed by atoms with E-state index in [2.05, 4.69) is 5.27 Å². The van der Waals surface area contributed by atoms with Crippen molar-refractivity contribution in [1.82, 2.24) is 10.3 Å². The van der Waals surface area contributed by atoms with Crippen molar-refractivity contribution in [2.75, 3.05) is 5.73 Å². The molecule has 7 nitrogen and oxygen atoms in total. The molecule has 0 saturated heterocycles. The Balaban J connectivity index is 1.56. The molecule has 0 aliphatic rings. The van der Waals surface area contributed by atoms with Crippen LogP contribution >= 0.6 is 11.3 Å². The Bertz CT molecular complexity index is 1810. The SMILES string of the molecule is Cc1ccc(-c2cc(-c3ccccc3)nc3sc(C(=O)c4c([O-])on[n+]4-c4ccc(C)cc4)c(N)c23)cc1. The first-order valence-corrected chi connectivity index (χ1v) is 12.8. The summed E-state index contributed by atoms with van der Waals surface area (Å²) < 4.78 is 6.12. The lowest BCUT2D eigenvalue weighted by Crippen LogP contribution is -2.39. The largest absolute Gasteiger partial charge is 0.539 e. The molecule has 0 unspecified atom stereocenters. The molecule has 38 heavy (non-hydrogen) atoms. The second kappa shape index (κ2) is 9.24. The number of hydrogen-bond donors (Lipinski definition) is 1. The van der Waals surface area contributed by atoms with E-state index in [1.54, 1.807) is 12.1 Å². The topological polar surface area (TPSA) is 109 Å². The van der Waals surface area contributed by atoms with Gasteiger partial charge in [0.25, 0.3) is 5.78 Å². The lowest BCUT2D eigenvalue weighted by Gasteiger charge is -2.09. The minimum Gasteiger partial charge on any atom is -0.539 e. The molecule has 0 atom stereocenters. The van der Waals surface area contributed by atoms with Gasteiger partial charge in [0.05, 0.1) is 16.7 Å². The van der Waals surface area contributed by atoms with Crippen LogP contribution in [0.3, 0.4) is 0 Å². The van der Waals surface area contributed by atoms with Gasteiger partial charge in [0.1, 0.15) is 9.71 Å². The number of thiophene rings is 1. The Morgan fingerprint density at radius 1 is 0.921 bits per heavy atom. The summed E-state index contributed by atoms with van der Waals surface area (Å²) in [6.45, 7) is 3.97. The lowest BCUT2D eigenvalue weighted by atomic mass is 9.98. The van der Waals surface area contributed by atoms with Crippen LogP contribution in [0.4, 0.5) is 5.69 Å². The number of anilines is 1. The second-order valence-corrected chi connectivity index (χ2v) is 10.1. The van der Waals surface area contributed by atoms with Crippen LogP contribution in [-0.4, -0.2) is 16.0 Å². The number of nitrogens with zero attached hydrogens (tertiary/aromatic N) is 3. The molecule has 186 valence electrons. The first-order valence-electron chi connectivity index (χ1n) is 12.0. The standard InChI is InChI=1S/C30H22N4O3S/c1-17-8-12-19(13-9-17)22-16-23(20-6-4-3-5-7-20)32-29-24(22)25(31)28(38-29)27(35)26-30(36)37-33-34(26)21-14-10-18(2)11-15-21/h3-16H,1-2H3,(H2-,31,33,35,36). The van der Waals surface area contributed by atoms with Gasteiger partial charge in [0.15, 0.2) is 5.95 Å². The fraction of sp³-hybridized carbons (Fsp3) is 0.0667. The number of nitrogens with two attached hydrogens (primary N) is 1. The zero-order valence-electron chi connectivity index (χ0n) is 20.6. The zero-order chi connectivity index (χ0) is 26.4. The number of aryl methyl sites for hydroxylation is 2. The third kappa shape index (κ3) is 4.01. The molecule has 2 N–H and O–H groups in total. The Morgan fingerprint density at radius 2 is 1.58 bits per heavy atom. The second-order valence-electron chi connectivity index (χ2n) is 9.10. The quantitative estimate of drug-likeness (QED) is 0.242. The van der Waals surface area contributed by atoms with Crippen LogP contribution in [0.25, 0.3) is 38.3 Å². The van der Waals surface area contributed by atoms with Crippen molar-refractivity contribution in [3.63, 3.8) is 0 Å². The van der Waals surface area contributed by atoms with Gasteiger partial charge in [-0.1, -0.05) is 77.9 Å². The molecule has 0 fully saturated rings. The van der Waals surface area contributed by atoms with Crippen LogP contribution in [-0.2, 0) is 0 Å². The van der Waals surface area contributed by atoms with Crippen molar-refractivity contribution in [2.45, 2.75) is 13.8 Å². The molecule has 0 radical (unpaired) electrons. The van der Waals surface area contributed by atoms with Crippen molar-refractivity contribution in [2.24, 2.45) is 0 Å². The van der Waals surface area contributed by atoms with Gasteiger partial charge < -0.3 is 15.4 Å². The summed E-state index contributed by atoms with van der Waals surface area (Å²) in [7, 11) is 0. The highest BCUT2D eigenvalue weighted by atomic mass is 32.1. The molecule has 3 heterocycles. The van der Waals surface area contributed by atoms with Gasteiger partial charge in [0, 0.05) is 23.1 Å². The smallest absolute Gasteiger partial charge is 0.312 e. The Hall–Kier alpha value is -4.82. The normalized spacial score (nSPS) is 11.2. The number of ketones is 1. The van der Waals surface area contributed by atoms with Crippen LogP contribution in [0, 0.1) is 13.8 Å². The molecular formula is C30H22N4O3S. The average molecular weight is 519 g/mol. The highest BCUT2D eigenvalue weighted by Gasteiger charge is 2.32. The van der Waals surface area contributed by atoms with Crippen molar-refractivity contribution in [3.8, 4) is 34.0 Å². The molecule has 0 saturated carbocycles. The maximum atomic E-state index is 13.8. The number of pyridine rings is 1. The molecule has 0 aliphatic carbocycles. The van der Waals surface area contributed by atoms with Gasteiger partial charge in [-0.3, -0.25) is 4.79 Å². The van der Waals surface area contributed by atoms with Gasteiger partial charge in [-0.05, 0) is 35.7 Å². The monoisotopic (exact) mass is 518 g/mol. The van der Waals surface area contributed by atoms with E-state index in [4.69, 9.17) is 15.2 Å². The van der Waals surface area contributed by atoms with Crippen LogP contribution in [0.5, 0.6) is 5.95 Å². The van der Waals surface area contributed by atoms with Gasteiger partial charge in [0.2, 0.25) is 5.69 Å². The Morgan fingerprint density at radius 3 is 2.26 bits per heavy atom. The van der Waals surface area contributed by atoms with Crippen LogP contribution in [0.1, 0.15) is 26.5 Å². The van der Waals surface area contributed by atoms with Crippen molar-refractivity contribution in [3.05, 3.63) is 107 Å². The summed E-state index contributed by atoms with van der Waals surface area (Å²) in [5.74, 6) is -1.39. The third-order valence-corrected chi connectivity index (χ3v) is 7.54. The first-order chi connectivity index (χ1) is 18.4. The number of carbonyl (C=O) groups is 1. The van der Waals surface area contributed by atoms with E-state index in [0.29, 0.717) is 15.9 Å². The molecule has 6 aromatic rings. The first kappa shape index (κ1) is 23.6. The third-order valence-electron chi connectivity index (χ3n) is 6.44. The number of fused-ring (bicyclic) bond motifs is 1. The summed E-state index contributed by atoms with van der Waals surface area (Å²) in [4.78, 5) is 19.5. The lowest BCUT2D eigenvalue weighted by molar-refractivity contribution is -0.672. The number of aromatic nitrogens is 3. The predicted octanol–water partition coefficient (Wildman–Crippen LogP) is 5.40. The van der Waals surface area contributed by atoms with E-state index >= 15 is 0 Å². The average Bonchev–Trinajstić information content (AvgIpc) is 3.49. The van der Waals surface area contributed by atoms with Gasteiger partial charge in [-0.25, -0.2) is 4.98 Å². The maximum Gasteiger partial charge on any atom is 0.312 e. The van der Waals surface area contributed by atoms with Crippen LogP contribution in [0.15, 0.2) is 89.5 Å². The van der Waals surface area contributed by atoms with Crippen molar-refractivity contribution in [1.29, 1.82) is 0 Å². The van der Waals surface area contributed by atoms with Crippen molar-refractivity contribution >= 4 is 33.0 Å². The molecular weight excluding hydrogens is 496 g/mol. The number of hydrogen-bond acceptors (Lipinski definition) is 7. The molecule has 0 spiro atoms. The number of benzene rings is 3. The summed E-state index contributed by atoms with van der Waals surface area (Å²) in [5.41, 5.74) is 12.9. The fourth-order valence-electron chi connectivity index (χ4n) is 4.41. The molecule has 3 aromatic carbocycles. The fourth-order valence-corrected chi connectivity index (χ4v) is 5.48. The van der Waals surface area contributed by atoms with Crippen LogP contribution < -0.4 is 15.5 Å². The molecule has 0 bridgehead atoms. The molecule has 0 amide bonds. The minimum absolute atomic E-state index is 0.215. The summed E-state index contributed by atoms with van der Waals surface area (Å²) in [6.07, 6.45) is 0. The van der Waals surface area contributed by atoms with E-state index in [1.807, 2.05) is 86.6 Å². The van der Waals surface area contributed by atoms with Gasteiger partial charge >= 0.3 is 5.69 Å². The number of carbonyl (C=O) groups excluding carboxylic acids is 1. The van der Waals surface area contributed by atoms with Crippen LogP contribution in [0.2, 0.25) is 0 Å². The molecule has 0 aliphatic heterocycles. The zero-order valence-corrected chi connectivity index (χ0v) is 21.5. The molecule has 8 heteroatoms. The predicted molar refractivity (Wildman–Crippen MR) is 145 cm³/mol. The van der Waals surface area contributed by atoms with E-state index in [1.165, 1.54) is 4.68 Å². The molecule has 3 aromatic heterocycles. The highest BCUT2D eigenvalue weighted by Crippen LogP contribution is 2.42. The Kier molecular flexibility index (Phi) is 5.73. The summed E-state index contributed by atoms with van der Waals surface area (Å²) in [6, 6.07) is 27.2. The number of nitrogen functional groups attached to an aromatic ring is 1. The molecule has 6 rings (SSSR count). The van der Waals surface area contributed by atoms with E-state index in [9.17, 15) is 9.90 Å². The van der Waals surface area contributed by atoms with Crippen molar-refractivity contribution < 1.29 is 19.1 Å². The van der Waals surface area contributed by atoms with E-state index < -0.39 is 11.7 Å². The summed E-state index contributed by atoms with van der Waals surface area (Å²) >= 11 is 1.16. The maximum absolute atomic E-state index is 13.8. The van der Waals surface area contributed by atoms with E-state index in [0.717, 1.165) is 44.8 Å². The highest BCUT2D eigenvalue weighted by molar-refractivity contribution is 7.21. The summed E-state index contributed by atoms with van der Waals surface area (Å²) in [5, 5.41) is 17.2. The van der Waals surface area contributed by atoms with Gasteiger partial charge in [-0.2, -0.15) is 0 Å². The van der Waals surface area contributed by atoms with E-state index in [-0.39, 0.29) is 16.3 Å². The number of rotatable bonds is 5. The van der Waals surface area contributed by atoms with Gasteiger partial charge in [-0.15, -0.1) is 11.3 Å². The minimum atomic E-state index is -0.830.